The van der Waals surface area contributed by atoms with Crippen molar-refractivity contribution in [3.8, 4) is 16.8 Å². The van der Waals surface area contributed by atoms with Crippen molar-refractivity contribution >= 4 is 17.8 Å². The molecule has 56 heavy (non-hydrogen) atoms. The summed E-state index contributed by atoms with van der Waals surface area (Å²) in [5, 5.41) is 0. The number of fused-ring (bicyclic) bond motifs is 6. The fraction of sp³-hybridized carbons (Fsp3) is 0.259. The van der Waals surface area contributed by atoms with Crippen LogP contribution in [0.4, 0.5) is 5.69 Å². The highest BCUT2D eigenvalue weighted by molar-refractivity contribution is 5.83. The molecule has 0 fully saturated rings. The van der Waals surface area contributed by atoms with E-state index in [9.17, 15) is 0 Å². The average Bonchev–Trinajstić information content (AvgIpc) is 3.66. The fourth-order valence-corrected chi connectivity index (χ4v) is 10.4. The van der Waals surface area contributed by atoms with Crippen LogP contribution in [0.25, 0.3) is 29.0 Å². The Balaban J connectivity index is 1.01. The van der Waals surface area contributed by atoms with Crippen molar-refractivity contribution in [2.24, 2.45) is 11.8 Å². The number of benzene rings is 4. The highest BCUT2D eigenvalue weighted by Gasteiger charge is 2.37. The largest absolute Gasteiger partial charge is 0.335 e. The van der Waals surface area contributed by atoms with E-state index < -0.39 is 0 Å². The monoisotopic (exact) mass is 728 g/mol. The number of hydrogen-bond acceptors (Lipinski definition) is 1. The first-order valence-electron chi connectivity index (χ1n) is 20.8. The summed E-state index contributed by atoms with van der Waals surface area (Å²) < 4.78 is 2.54. The van der Waals surface area contributed by atoms with E-state index in [0.717, 1.165) is 25.7 Å². The van der Waals surface area contributed by atoms with Gasteiger partial charge in [0.05, 0.1) is 6.04 Å². The van der Waals surface area contributed by atoms with Crippen molar-refractivity contribution in [3.05, 3.63) is 202 Å². The molecule has 1 heterocycles. The lowest BCUT2D eigenvalue weighted by atomic mass is 9.76. The van der Waals surface area contributed by atoms with Crippen LogP contribution >= 0.6 is 0 Å². The molecule has 1 aromatic heterocycles. The average molecular weight is 729 g/mol. The summed E-state index contributed by atoms with van der Waals surface area (Å²) >= 11 is 0. The fourth-order valence-electron chi connectivity index (χ4n) is 10.4. The maximum Gasteiger partial charge on any atom is 0.0560 e. The normalized spacial score (nSPS) is 24.0. The molecule has 278 valence electrons. The van der Waals surface area contributed by atoms with Crippen LogP contribution in [0.1, 0.15) is 86.7 Å². The van der Waals surface area contributed by atoms with Gasteiger partial charge in [-0.15, -0.1) is 0 Å². The number of allylic oxidation sites excluding steroid dienone is 7. The van der Waals surface area contributed by atoms with Crippen LogP contribution < -0.4 is 4.90 Å². The maximum atomic E-state index is 2.62. The third-order valence-corrected chi connectivity index (χ3v) is 13.6. The van der Waals surface area contributed by atoms with Gasteiger partial charge in [-0.2, -0.15) is 0 Å². The summed E-state index contributed by atoms with van der Waals surface area (Å²) in [4.78, 5) is 2.62. The first-order chi connectivity index (χ1) is 27.2. The summed E-state index contributed by atoms with van der Waals surface area (Å²) in [7, 11) is 0. The minimum Gasteiger partial charge on any atom is -0.335 e. The van der Waals surface area contributed by atoms with E-state index in [-0.39, 0.29) is 16.9 Å². The van der Waals surface area contributed by atoms with E-state index in [0.29, 0.717) is 11.8 Å². The zero-order chi connectivity index (χ0) is 38.2. The van der Waals surface area contributed by atoms with Crippen molar-refractivity contribution in [1.29, 1.82) is 0 Å². The Labute approximate surface area is 333 Å². The predicted molar refractivity (Wildman–Crippen MR) is 236 cm³/mol. The maximum absolute atomic E-state index is 2.62. The molecule has 5 aromatic rings. The van der Waals surface area contributed by atoms with Gasteiger partial charge in [0.2, 0.25) is 0 Å². The molecule has 0 saturated heterocycles. The van der Waals surface area contributed by atoms with Gasteiger partial charge in [0.15, 0.2) is 0 Å². The van der Waals surface area contributed by atoms with Crippen molar-refractivity contribution in [1.82, 2.24) is 4.57 Å². The van der Waals surface area contributed by atoms with Gasteiger partial charge in [0.1, 0.15) is 0 Å². The molecule has 10 rings (SSSR count). The van der Waals surface area contributed by atoms with Gasteiger partial charge < -0.3 is 9.47 Å². The van der Waals surface area contributed by atoms with Gasteiger partial charge in [0.25, 0.3) is 0 Å². The lowest BCUT2D eigenvalue weighted by Crippen LogP contribution is -2.35. The van der Waals surface area contributed by atoms with Crippen LogP contribution in [0.3, 0.4) is 0 Å². The van der Waals surface area contributed by atoms with E-state index in [1.165, 1.54) is 78.6 Å². The van der Waals surface area contributed by atoms with Crippen LogP contribution in [-0.2, 0) is 23.7 Å². The molecule has 5 aliphatic rings. The summed E-state index contributed by atoms with van der Waals surface area (Å²) in [5.74, 6) is 0.967. The zero-order valence-electron chi connectivity index (χ0n) is 33.5. The van der Waals surface area contributed by atoms with Crippen LogP contribution in [0.5, 0.6) is 0 Å². The van der Waals surface area contributed by atoms with E-state index in [1.807, 2.05) is 0 Å². The summed E-state index contributed by atoms with van der Waals surface area (Å²) in [6.45, 7) is 11.9. The van der Waals surface area contributed by atoms with Crippen molar-refractivity contribution in [2.45, 2.75) is 77.2 Å². The topological polar surface area (TPSA) is 8.17 Å². The number of nitrogens with zero attached hydrogens (tertiary/aromatic N) is 2. The molecule has 0 spiro atoms. The zero-order valence-corrected chi connectivity index (χ0v) is 33.5. The van der Waals surface area contributed by atoms with Gasteiger partial charge in [-0.3, -0.25) is 0 Å². The van der Waals surface area contributed by atoms with E-state index >= 15 is 0 Å². The number of para-hydroxylation sites is 1. The first-order valence-corrected chi connectivity index (χ1v) is 20.8. The van der Waals surface area contributed by atoms with Crippen LogP contribution in [-0.4, -0.2) is 10.6 Å². The predicted octanol–water partition coefficient (Wildman–Crippen LogP) is 13.1. The quantitative estimate of drug-likeness (QED) is 0.169. The van der Waals surface area contributed by atoms with Crippen molar-refractivity contribution in [3.63, 3.8) is 0 Å². The summed E-state index contributed by atoms with van der Waals surface area (Å²) in [6.07, 6.45) is 26.1. The molecule has 3 unspecified atom stereocenters. The Hall–Kier alpha value is -5.60. The highest BCUT2D eigenvalue weighted by atomic mass is 15.2. The Bertz CT molecular complexity index is 2550. The molecule has 0 radical (unpaired) electrons. The number of aromatic nitrogens is 1. The molecule has 0 aliphatic heterocycles. The van der Waals surface area contributed by atoms with E-state index in [4.69, 9.17) is 0 Å². The lowest BCUT2D eigenvalue weighted by Gasteiger charge is -2.38. The lowest BCUT2D eigenvalue weighted by molar-refractivity contribution is 0.591. The standard InChI is InChI=1S/C54H52N2/c1-36-20-27-51-47(32-36)48-35-46(37(2)33-52(48)56(51)40-16-10-7-11-17-40)38-21-23-41(24-22-38)55(42-28-30-54(5,31-29-42)39-14-8-6-9-15-39)43-25-26-45-44-18-12-13-19-49(44)53(3,4)50(45)34-43/h6-23,25-30,34-37,41H,24,31-33H2,1-5H3/t36-,37?,41?,54?/m1/s1. The van der Waals surface area contributed by atoms with E-state index in [2.05, 4.69) is 202 Å². The van der Waals surface area contributed by atoms with Crippen LogP contribution in [0.2, 0.25) is 0 Å². The van der Waals surface area contributed by atoms with Crippen molar-refractivity contribution in [2.75, 3.05) is 4.90 Å². The third-order valence-electron chi connectivity index (χ3n) is 13.6. The minimum atomic E-state index is -0.0551. The molecule has 0 bridgehead atoms. The smallest absolute Gasteiger partial charge is 0.0560 e. The Morgan fingerprint density at radius 3 is 2.21 bits per heavy atom. The molecular formula is C54H52N2. The Kier molecular flexibility index (Phi) is 8.26. The van der Waals surface area contributed by atoms with Gasteiger partial charge in [0, 0.05) is 39.3 Å². The second kappa shape index (κ2) is 13.3. The number of hydrogen-bond donors (Lipinski definition) is 0. The molecule has 5 aliphatic carbocycles. The van der Waals surface area contributed by atoms with Crippen LogP contribution in [0, 0.1) is 11.8 Å². The third kappa shape index (κ3) is 5.60. The Morgan fingerprint density at radius 1 is 0.714 bits per heavy atom. The molecule has 2 nitrogen and oxygen atoms in total. The van der Waals surface area contributed by atoms with Crippen LogP contribution in [0.15, 0.2) is 163 Å². The molecule has 2 heteroatoms. The highest BCUT2D eigenvalue weighted by Crippen LogP contribution is 2.50. The van der Waals surface area contributed by atoms with Gasteiger partial charge >= 0.3 is 0 Å². The molecule has 4 aromatic carbocycles. The number of rotatable bonds is 6. The molecule has 0 amide bonds. The molecule has 4 atom stereocenters. The SMILES string of the molecule is CC1Cc2c(c3c(n2-c2ccccc2)C=C[C@@H](C)C3)C=C1C1=CCC(N(C2=CCC(C)(c3ccccc3)C=C2)c2ccc3c(c2)C(C)(C)c2ccccc2-3)C=C1. The van der Waals surface area contributed by atoms with Crippen molar-refractivity contribution < 1.29 is 0 Å². The molecule has 0 saturated carbocycles. The molecular weight excluding hydrogens is 677 g/mol. The minimum absolute atomic E-state index is 0.0256. The van der Waals surface area contributed by atoms with Gasteiger partial charge in [-0.25, -0.2) is 0 Å². The summed E-state index contributed by atoms with van der Waals surface area (Å²) in [6, 6.07) is 38.4. The first kappa shape index (κ1) is 34.9. The Morgan fingerprint density at radius 2 is 1.46 bits per heavy atom. The second-order valence-corrected chi connectivity index (χ2v) is 17.7. The van der Waals surface area contributed by atoms with Gasteiger partial charge in [-0.1, -0.05) is 150 Å². The summed E-state index contributed by atoms with van der Waals surface area (Å²) in [5.41, 5.74) is 19.3. The van der Waals surface area contributed by atoms with Gasteiger partial charge in [-0.05, 0) is 130 Å². The second-order valence-electron chi connectivity index (χ2n) is 17.7. The number of anilines is 1. The molecule has 0 N–H and O–H groups in total. The van der Waals surface area contributed by atoms with E-state index in [1.54, 1.807) is 0 Å².